The number of carboxylic acid groups (broad SMARTS) is 1. The van der Waals surface area contributed by atoms with Gasteiger partial charge >= 0.3 is 6.09 Å². The Hall–Kier alpha value is -2.53. The van der Waals surface area contributed by atoms with Gasteiger partial charge in [-0.05, 0) is 12.1 Å². The molecule has 2 aromatic carbocycles. The molecule has 0 unspecified atom stereocenters. The van der Waals surface area contributed by atoms with E-state index in [4.69, 9.17) is 9.84 Å². The smallest absolute Gasteiger partial charge is 0.432 e. The Bertz CT molecular complexity index is 595. The van der Waals surface area contributed by atoms with E-state index in [0.717, 1.165) is 0 Å². The number of ether oxygens (including phenoxy) is 1. The van der Waals surface area contributed by atoms with Crippen molar-refractivity contribution in [3.63, 3.8) is 0 Å². The predicted molar refractivity (Wildman–Crippen MR) is 66.5 cm³/mol. The van der Waals surface area contributed by atoms with Gasteiger partial charge in [0.1, 0.15) is 17.5 Å². The molecule has 0 spiro atoms. The molecule has 0 saturated carbocycles. The highest BCUT2D eigenvalue weighted by Gasteiger charge is 2.33. The van der Waals surface area contributed by atoms with Gasteiger partial charge in [-0.2, -0.15) is 5.06 Å². The SMILES string of the molecule is O=C(O)N(O)C1c2ccccc2Oc2ccccc21. The third kappa shape index (κ3) is 1.80. The highest BCUT2D eigenvalue weighted by Crippen LogP contribution is 2.44. The molecule has 1 heterocycles. The van der Waals surface area contributed by atoms with Crippen LogP contribution in [0.2, 0.25) is 0 Å². The van der Waals surface area contributed by atoms with Crippen molar-refractivity contribution in [1.29, 1.82) is 0 Å². The molecule has 0 radical (unpaired) electrons. The van der Waals surface area contributed by atoms with Crippen molar-refractivity contribution in [2.45, 2.75) is 6.04 Å². The summed E-state index contributed by atoms with van der Waals surface area (Å²) < 4.78 is 5.71. The van der Waals surface area contributed by atoms with Crippen molar-refractivity contribution < 1.29 is 19.8 Å². The molecule has 1 amide bonds. The zero-order chi connectivity index (χ0) is 13.4. The molecular formula is C14H11NO4. The van der Waals surface area contributed by atoms with Gasteiger partial charge in [0.15, 0.2) is 0 Å². The van der Waals surface area contributed by atoms with Gasteiger partial charge in [0.05, 0.1) is 0 Å². The van der Waals surface area contributed by atoms with Crippen LogP contribution in [0.4, 0.5) is 4.79 Å². The monoisotopic (exact) mass is 257 g/mol. The van der Waals surface area contributed by atoms with E-state index in [1.165, 1.54) is 0 Å². The van der Waals surface area contributed by atoms with E-state index in [-0.39, 0.29) is 0 Å². The summed E-state index contributed by atoms with van der Waals surface area (Å²) in [5.74, 6) is 1.10. The van der Waals surface area contributed by atoms with Crippen LogP contribution in [-0.2, 0) is 0 Å². The van der Waals surface area contributed by atoms with Crippen molar-refractivity contribution >= 4 is 6.09 Å². The summed E-state index contributed by atoms with van der Waals surface area (Å²) >= 11 is 0. The van der Waals surface area contributed by atoms with Crippen LogP contribution in [0.3, 0.4) is 0 Å². The third-order valence-corrected chi connectivity index (χ3v) is 3.09. The van der Waals surface area contributed by atoms with Gasteiger partial charge in [-0.1, -0.05) is 36.4 Å². The average Bonchev–Trinajstić information content (AvgIpc) is 2.43. The maximum absolute atomic E-state index is 11.1. The number of hydrogen-bond acceptors (Lipinski definition) is 3. The number of amides is 1. The van der Waals surface area contributed by atoms with Crippen LogP contribution in [-0.4, -0.2) is 21.5 Å². The summed E-state index contributed by atoms with van der Waals surface area (Å²) in [5.41, 5.74) is 1.23. The Balaban J connectivity index is 2.19. The van der Waals surface area contributed by atoms with Crippen molar-refractivity contribution in [2.24, 2.45) is 0 Å². The van der Waals surface area contributed by atoms with Crippen molar-refractivity contribution in [3.8, 4) is 11.5 Å². The van der Waals surface area contributed by atoms with Gasteiger partial charge < -0.3 is 9.84 Å². The third-order valence-electron chi connectivity index (χ3n) is 3.09. The predicted octanol–water partition coefficient (Wildman–Crippen LogP) is 3.25. The molecule has 1 aliphatic rings. The number of hydroxylamine groups is 2. The molecule has 2 N–H and O–H groups in total. The lowest BCUT2D eigenvalue weighted by Gasteiger charge is -2.31. The maximum atomic E-state index is 11.1. The Morgan fingerprint density at radius 3 is 1.95 bits per heavy atom. The van der Waals surface area contributed by atoms with E-state index in [1.54, 1.807) is 48.5 Å². The lowest BCUT2D eigenvalue weighted by molar-refractivity contribution is -0.0886. The van der Waals surface area contributed by atoms with Crippen LogP contribution in [0.5, 0.6) is 11.5 Å². The molecule has 2 aromatic rings. The number of rotatable bonds is 1. The van der Waals surface area contributed by atoms with E-state index >= 15 is 0 Å². The van der Waals surface area contributed by atoms with Crippen LogP contribution in [0, 0.1) is 0 Å². The largest absolute Gasteiger partial charge is 0.463 e. The summed E-state index contributed by atoms with van der Waals surface area (Å²) in [6, 6.07) is 13.3. The van der Waals surface area contributed by atoms with Gasteiger partial charge in [0.2, 0.25) is 0 Å². The standard InChI is InChI=1S/C14H11NO4/c16-14(17)15(18)13-9-5-1-3-7-11(9)19-12-8-4-2-6-10(12)13/h1-8,13,18H,(H,16,17). The molecular weight excluding hydrogens is 246 g/mol. The molecule has 0 bridgehead atoms. The second-order valence-corrected chi connectivity index (χ2v) is 4.21. The summed E-state index contributed by atoms with van der Waals surface area (Å²) in [6.07, 6.45) is -1.41. The van der Waals surface area contributed by atoms with Crippen LogP contribution >= 0.6 is 0 Å². The number of benzene rings is 2. The highest BCUT2D eigenvalue weighted by atomic mass is 16.6. The number of nitrogens with zero attached hydrogens (tertiary/aromatic N) is 1. The number of fused-ring (bicyclic) bond motifs is 2. The van der Waals surface area contributed by atoms with E-state index in [9.17, 15) is 10.0 Å². The van der Waals surface area contributed by atoms with Crippen LogP contribution < -0.4 is 4.74 Å². The summed E-state index contributed by atoms with van der Waals surface area (Å²) in [4.78, 5) is 11.1. The van der Waals surface area contributed by atoms with Gasteiger partial charge in [0.25, 0.3) is 0 Å². The first-order valence-electron chi connectivity index (χ1n) is 5.75. The molecule has 19 heavy (non-hydrogen) atoms. The summed E-state index contributed by atoms with van der Waals surface area (Å²) in [5, 5.41) is 19.1. The van der Waals surface area contributed by atoms with Crippen LogP contribution in [0.15, 0.2) is 48.5 Å². The van der Waals surface area contributed by atoms with Gasteiger partial charge in [-0.15, -0.1) is 0 Å². The van der Waals surface area contributed by atoms with Gasteiger partial charge in [-0.3, -0.25) is 5.21 Å². The van der Waals surface area contributed by atoms with Crippen molar-refractivity contribution in [2.75, 3.05) is 0 Å². The van der Waals surface area contributed by atoms with Crippen LogP contribution in [0.25, 0.3) is 0 Å². The topological polar surface area (TPSA) is 70.0 Å². The second kappa shape index (κ2) is 4.29. The number of hydrogen-bond donors (Lipinski definition) is 2. The van der Waals surface area contributed by atoms with E-state index in [1.807, 2.05) is 0 Å². The Morgan fingerprint density at radius 1 is 1.00 bits per heavy atom. The Morgan fingerprint density at radius 2 is 1.47 bits per heavy atom. The molecule has 1 aliphatic heterocycles. The van der Waals surface area contributed by atoms with Gasteiger partial charge in [0, 0.05) is 11.1 Å². The molecule has 0 aliphatic carbocycles. The normalized spacial score (nSPS) is 13.1. The molecule has 0 aromatic heterocycles. The first-order valence-corrected chi connectivity index (χ1v) is 5.75. The number of para-hydroxylation sites is 2. The Labute approximate surface area is 109 Å². The fraction of sp³-hybridized carbons (Fsp3) is 0.0714. The second-order valence-electron chi connectivity index (χ2n) is 4.21. The van der Waals surface area contributed by atoms with E-state index in [0.29, 0.717) is 27.7 Å². The minimum Gasteiger partial charge on any atom is -0.463 e. The summed E-state index contributed by atoms with van der Waals surface area (Å²) in [7, 11) is 0. The zero-order valence-electron chi connectivity index (χ0n) is 9.85. The molecule has 0 fully saturated rings. The molecule has 5 nitrogen and oxygen atoms in total. The lowest BCUT2D eigenvalue weighted by atomic mass is 9.94. The molecule has 96 valence electrons. The van der Waals surface area contributed by atoms with Crippen molar-refractivity contribution in [1.82, 2.24) is 5.06 Å². The first kappa shape index (κ1) is 11.6. The molecule has 5 heteroatoms. The van der Waals surface area contributed by atoms with E-state index < -0.39 is 12.1 Å². The quantitative estimate of drug-likeness (QED) is 0.607. The molecule has 0 atom stereocenters. The minimum absolute atomic E-state index is 0.306. The first-order chi connectivity index (χ1) is 9.18. The molecule has 3 rings (SSSR count). The van der Waals surface area contributed by atoms with E-state index in [2.05, 4.69) is 0 Å². The fourth-order valence-electron chi connectivity index (χ4n) is 2.26. The van der Waals surface area contributed by atoms with Crippen LogP contribution in [0.1, 0.15) is 17.2 Å². The molecule has 0 saturated heterocycles. The minimum atomic E-state index is -1.41. The zero-order valence-corrected chi connectivity index (χ0v) is 9.85. The summed E-state index contributed by atoms with van der Waals surface area (Å²) in [6.45, 7) is 0. The number of carbonyl (C=O) groups is 1. The van der Waals surface area contributed by atoms with Crippen molar-refractivity contribution in [3.05, 3.63) is 59.7 Å². The van der Waals surface area contributed by atoms with Gasteiger partial charge in [-0.25, -0.2) is 4.79 Å². The average molecular weight is 257 g/mol. The lowest BCUT2D eigenvalue weighted by Crippen LogP contribution is -2.32. The fourth-order valence-corrected chi connectivity index (χ4v) is 2.26. The maximum Gasteiger partial charge on any atom is 0.432 e. The highest BCUT2D eigenvalue weighted by molar-refractivity contribution is 5.67. The Kier molecular flexibility index (Phi) is 2.61.